The van der Waals surface area contributed by atoms with E-state index in [1.165, 1.54) is 0 Å². The van der Waals surface area contributed by atoms with Gasteiger partial charge in [-0.05, 0) is 91.6 Å². The van der Waals surface area contributed by atoms with Crippen molar-refractivity contribution in [3.05, 3.63) is 35.9 Å². The molecule has 1 aliphatic carbocycles. The SMILES string of the molecule is CC(C)(C)OC(=O)N[C@@H](C/C=C/c1cccc(B2OC(C)(C)C(C)(C)O2)c1)C(=O)OC1CCCC1. The van der Waals surface area contributed by atoms with Crippen LogP contribution < -0.4 is 10.8 Å². The van der Waals surface area contributed by atoms with E-state index in [4.69, 9.17) is 18.8 Å². The number of hydrogen-bond donors (Lipinski definition) is 1. The standard InChI is InChI=1S/C27H40BNO6/c1-25(2,3)33-24(31)29-22(23(30)32-21-15-8-9-16-21)17-11-13-19-12-10-14-20(18-19)28-34-26(4,5)27(6,7)35-28/h10-14,18,21-22H,8-9,15-17H2,1-7H3,(H,29,31)/b13-11+/t22-/m0/s1. The van der Waals surface area contributed by atoms with Crippen LogP contribution >= 0.6 is 0 Å². The molecule has 0 bridgehead atoms. The lowest BCUT2D eigenvalue weighted by Crippen LogP contribution is -2.44. The first-order valence-corrected chi connectivity index (χ1v) is 12.6. The number of rotatable bonds is 7. The van der Waals surface area contributed by atoms with Gasteiger partial charge in [-0.2, -0.15) is 0 Å². The van der Waals surface area contributed by atoms with Crippen LogP contribution in [0, 0.1) is 0 Å². The fraction of sp³-hybridized carbons (Fsp3) is 0.630. The Balaban J connectivity index is 1.67. The lowest BCUT2D eigenvalue weighted by molar-refractivity contribution is -0.151. The molecular formula is C27H40BNO6. The summed E-state index contributed by atoms with van der Waals surface area (Å²) >= 11 is 0. The van der Waals surface area contributed by atoms with E-state index in [1.54, 1.807) is 20.8 Å². The lowest BCUT2D eigenvalue weighted by atomic mass is 9.78. The van der Waals surface area contributed by atoms with Crippen LogP contribution in [0.5, 0.6) is 0 Å². The molecule has 2 fully saturated rings. The summed E-state index contributed by atoms with van der Waals surface area (Å²) in [5, 5.41) is 2.68. The van der Waals surface area contributed by atoms with Crippen molar-refractivity contribution in [3.8, 4) is 0 Å². The van der Waals surface area contributed by atoms with E-state index in [0.717, 1.165) is 36.7 Å². The van der Waals surface area contributed by atoms with Crippen LogP contribution in [0.1, 0.15) is 86.1 Å². The van der Waals surface area contributed by atoms with Gasteiger partial charge in [-0.15, -0.1) is 0 Å². The fourth-order valence-electron chi connectivity index (χ4n) is 4.05. The molecule has 0 unspecified atom stereocenters. The first-order valence-electron chi connectivity index (χ1n) is 12.6. The van der Waals surface area contributed by atoms with Gasteiger partial charge >= 0.3 is 19.2 Å². The molecule has 0 radical (unpaired) electrons. The van der Waals surface area contributed by atoms with Crippen LogP contribution in [0.15, 0.2) is 30.3 Å². The van der Waals surface area contributed by atoms with Crippen molar-refractivity contribution < 1.29 is 28.4 Å². The molecule has 8 heteroatoms. The molecule has 35 heavy (non-hydrogen) atoms. The number of amides is 1. The highest BCUT2D eigenvalue weighted by atomic mass is 16.7. The number of alkyl carbamates (subject to hydrolysis) is 1. The van der Waals surface area contributed by atoms with Crippen LogP contribution in [-0.4, -0.2) is 48.1 Å². The summed E-state index contributed by atoms with van der Waals surface area (Å²) < 4.78 is 23.3. The Labute approximate surface area is 210 Å². The highest BCUT2D eigenvalue weighted by molar-refractivity contribution is 6.62. The van der Waals surface area contributed by atoms with Gasteiger partial charge in [0.05, 0.1) is 11.2 Å². The Morgan fingerprint density at radius 3 is 2.37 bits per heavy atom. The third-order valence-electron chi connectivity index (χ3n) is 6.68. The van der Waals surface area contributed by atoms with Crippen LogP contribution in [0.25, 0.3) is 6.08 Å². The van der Waals surface area contributed by atoms with Crippen LogP contribution in [0.3, 0.4) is 0 Å². The van der Waals surface area contributed by atoms with Gasteiger partial charge in [0.25, 0.3) is 0 Å². The minimum absolute atomic E-state index is 0.0778. The molecule has 1 atom stereocenters. The Bertz CT molecular complexity index is 914. The van der Waals surface area contributed by atoms with Gasteiger partial charge in [0.15, 0.2) is 0 Å². The Morgan fingerprint density at radius 2 is 1.77 bits per heavy atom. The Kier molecular flexibility index (Phi) is 8.38. The number of benzene rings is 1. The van der Waals surface area contributed by atoms with Gasteiger partial charge in [0.1, 0.15) is 17.7 Å². The second-order valence-corrected chi connectivity index (χ2v) is 11.4. The molecule has 1 aromatic rings. The molecule has 1 amide bonds. The fourth-order valence-corrected chi connectivity index (χ4v) is 4.05. The largest absolute Gasteiger partial charge is 0.494 e. The van der Waals surface area contributed by atoms with E-state index in [2.05, 4.69) is 5.32 Å². The molecule has 1 aromatic carbocycles. The highest BCUT2D eigenvalue weighted by Gasteiger charge is 2.51. The van der Waals surface area contributed by atoms with Crippen LogP contribution in [0.4, 0.5) is 4.79 Å². The smallest absolute Gasteiger partial charge is 0.461 e. The summed E-state index contributed by atoms with van der Waals surface area (Å²) in [5.74, 6) is -0.432. The van der Waals surface area contributed by atoms with Crippen molar-refractivity contribution in [1.29, 1.82) is 0 Å². The Morgan fingerprint density at radius 1 is 1.14 bits per heavy atom. The summed E-state index contributed by atoms with van der Waals surface area (Å²) in [6.45, 7) is 13.5. The molecule has 1 aliphatic heterocycles. The van der Waals surface area contributed by atoms with Gasteiger partial charge < -0.3 is 24.1 Å². The van der Waals surface area contributed by atoms with Crippen LogP contribution in [0.2, 0.25) is 0 Å². The number of carbonyl (C=O) groups excluding carboxylic acids is 2. The predicted octanol–water partition coefficient (Wildman–Crippen LogP) is 4.77. The quantitative estimate of drug-likeness (QED) is 0.443. The molecule has 1 saturated carbocycles. The molecule has 0 spiro atoms. The van der Waals surface area contributed by atoms with Gasteiger partial charge in [0.2, 0.25) is 0 Å². The molecular weight excluding hydrogens is 445 g/mol. The topological polar surface area (TPSA) is 83.1 Å². The number of hydrogen-bond acceptors (Lipinski definition) is 6. The number of esters is 1. The van der Waals surface area contributed by atoms with Gasteiger partial charge in [-0.3, -0.25) is 0 Å². The van der Waals surface area contributed by atoms with Crippen molar-refractivity contribution in [2.75, 3.05) is 0 Å². The molecule has 1 heterocycles. The van der Waals surface area contributed by atoms with E-state index in [-0.39, 0.29) is 12.5 Å². The van der Waals surface area contributed by atoms with Gasteiger partial charge in [-0.25, -0.2) is 9.59 Å². The average Bonchev–Trinajstić information content (AvgIpc) is 3.31. The average molecular weight is 485 g/mol. The Hall–Kier alpha value is -2.32. The summed E-state index contributed by atoms with van der Waals surface area (Å²) in [6, 6.07) is 7.08. The minimum Gasteiger partial charge on any atom is -0.461 e. The number of carbonyl (C=O) groups is 2. The molecule has 0 aromatic heterocycles. The summed E-state index contributed by atoms with van der Waals surface area (Å²) in [5.41, 5.74) is 0.383. The minimum atomic E-state index is -0.826. The molecule has 1 saturated heterocycles. The van der Waals surface area contributed by atoms with Gasteiger partial charge in [0, 0.05) is 0 Å². The molecule has 3 rings (SSSR count). The molecule has 1 N–H and O–H groups in total. The van der Waals surface area contributed by atoms with Crippen molar-refractivity contribution in [2.24, 2.45) is 0 Å². The van der Waals surface area contributed by atoms with E-state index in [9.17, 15) is 9.59 Å². The monoisotopic (exact) mass is 485 g/mol. The maximum Gasteiger partial charge on any atom is 0.494 e. The van der Waals surface area contributed by atoms with E-state index >= 15 is 0 Å². The second-order valence-electron chi connectivity index (χ2n) is 11.4. The normalized spacial score (nSPS) is 20.7. The van der Waals surface area contributed by atoms with E-state index in [1.807, 2.05) is 64.1 Å². The maximum atomic E-state index is 12.8. The second kappa shape index (κ2) is 10.7. The van der Waals surface area contributed by atoms with Gasteiger partial charge in [-0.1, -0.05) is 36.4 Å². The van der Waals surface area contributed by atoms with Crippen molar-refractivity contribution in [2.45, 2.75) is 110 Å². The third-order valence-corrected chi connectivity index (χ3v) is 6.68. The number of nitrogens with one attached hydrogen (secondary N) is 1. The first kappa shape index (κ1) is 27.3. The van der Waals surface area contributed by atoms with Crippen molar-refractivity contribution >= 4 is 30.7 Å². The molecule has 2 aliphatic rings. The summed E-state index contributed by atoms with van der Waals surface area (Å²) in [7, 11) is -0.448. The first-order chi connectivity index (χ1) is 16.3. The van der Waals surface area contributed by atoms with Crippen molar-refractivity contribution in [1.82, 2.24) is 5.32 Å². The van der Waals surface area contributed by atoms with Crippen molar-refractivity contribution in [3.63, 3.8) is 0 Å². The summed E-state index contributed by atoms with van der Waals surface area (Å²) in [4.78, 5) is 25.2. The highest BCUT2D eigenvalue weighted by Crippen LogP contribution is 2.36. The molecule has 192 valence electrons. The third kappa shape index (κ3) is 7.58. The summed E-state index contributed by atoms with van der Waals surface area (Å²) in [6.07, 6.45) is 7.20. The number of ether oxygens (including phenoxy) is 2. The lowest BCUT2D eigenvalue weighted by Gasteiger charge is -2.32. The molecule has 7 nitrogen and oxygen atoms in total. The predicted molar refractivity (Wildman–Crippen MR) is 137 cm³/mol. The van der Waals surface area contributed by atoms with E-state index in [0.29, 0.717) is 0 Å². The van der Waals surface area contributed by atoms with Crippen LogP contribution in [-0.2, 0) is 23.6 Å². The zero-order valence-electron chi connectivity index (χ0n) is 22.2. The zero-order chi connectivity index (χ0) is 25.9. The van der Waals surface area contributed by atoms with E-state index < -0.39 is 42.0 Å². The zero-order valence-corrected chi connectivity index (χ0v) is 22.2. The maximum absolute atomic E-state index is 12.8.